The number of rotatable bonds is 7. The van der Waals surface area contributed by atoms with Gasteiger partial charge in [0.25, 0.3) is 0 Å². The minimum absolute atomic E-state index is 0.0549. The van der Waals surface area contributed by atoms with Crippen LogP contribution in [0.5, 0.6) is 0 Å². The maximum Gasteiger partial charge on any atom is 0.243 e. The molecule has 1 heterocycles. The fourth-order valence-corrected chi connectivity index (χ4v) is 2.27. The van der Waals surface area contributed by atoms with Crippen LogP contribution in [0.4, 0.5) is 0 Å². The number of aromatic amines is 1. The van der Waals surface area contributed by atoms with Crippen LogP contribution >= 0.6 is 0 Å². The third-order valence-electron chi connectivity index (χ3n) is 3.73. The normalized spacial score (nSPS) is 11.1. The average Bonchev–Trinajstić information content (AvgIpc) is 3.10. The highest BCUT2D eigenvalue weighted by Gasteiger charge is 2.11. The summed E-state index contributed by atoms with van der Waals surface area (Å²) < 4.78 is 0. The second kappa shape index (κ2) is 9.41. The van der Waals surface area contributed by atoms with Gasteiger partial charge >= 0.3 is 0 Å². The number of amides is 1. The first-order valence-corrected chi connectivity index (χ1v) is 8.41. The molecule has 1 aromatic carbocycles. The summed E-state index contributed by atoms with van der Waals surface area (Å²) >= 11 is 0. The smallest absolute Gasteiger partial charge is 0.243 e. The number of aromatic nitrogens is 2. The van der Waals surface area contributed by atoms with Gasteiger partial charge in [0.1, 0.15) is 12.4 Å². The van der Waals surface area contributed by atoms with Crippen molar-refractivity contribution in [2.45, 2.75) is 6.54 Å². The molecule has 0 unspecified atom stereocenters. The number of benzene rings is 1. The molecule has 1 amide bonds. The molecule has 0 radical (unpaired) electrons. The maximum atomic E-state index is 11.8. The number of likely N-dealkylation sites (N-methyl/N-ethyl adjacent to an activating group) is 1. The highest BCUT2D eigenvalue weighted by Crippen LogP contribution is 2.16. The van der Waals surface area contributed by atoms with Crippen LogP contribution in [0.2, 0.25) is 0 Å². The van der Waals surface area contributed by atoms with Crippen LogP contribution in [0.15, 0.2) is 54.2 Å². The third kappa shape index (κ3) is 5.47. The van der Waals surface area contributed by atoms with Crippen LogP contribution < -0.4 is 5.32 Å². The lowest BCUT2D eigenvalue weighted by Crippen LogP contribution is -2.39. The second-order valence-corrected chi connectivity index (χ2v) is 6.06. The Morgan fingerprint density at radius 3 is 2.69 bits per heavy atom. The van der Waals surface area contributed by atoms with Gasteiger partial charge in [-0.05, 0) is 5.56 Å². The van der Waals surface area contributed by atoms with Crippen molar-refractivity contribution in [1.29, 1.82) is 0 Å². The highest BCUT2D eigenvalue weighted by molar-refractivity contribution is 5.84. The Labute approximate surface area is 154 Å². The van der Waals surface area contributed by atoms with Gasteiger partial charge in [0, 0.05) is 27.7 Å². The molecule has 0 aliphatic carbocycles. The summed E-state index contributed by atoms with van der Waals surface area (Å²) in [6.07, 6.45) is 3.57. The van der Waals surface area contributed by atoms with Crippen molar-refractivity contribution in [3.8, 4) is 11.3 Å². The van der Waals surface area contributed by atoms with E-state index in [1.807, 2.05) is 48.5 Å². The van der Waals surface area contributed by atoms with Crippen molar-refractivity contribution in [2.75, 3.05) is 34.2 Å². The van der Waals surface area contributed by atoms with E-state index in [1.54, 1.807) is 20.2 Å². The standard InChI is InChI=1S/C19H26N6O/c1-5-11-20-19(22-13-18(26)24(2)3)25(4)14-17-21-12-16(23-17)15-9-7-6-8-10-15/h5-10,12H,1,11,13-14H2,2-4H3,(H,20,22)(H,21,23). The summed E-state index contributed by atoms with van der Waals surface area (Å²) in [7, 11) is 5.33. The molecule has 7 heteroatoms. The molecule has 0 aliphatic rings. The van der Waals surface area contributed by atoms with E-state index in [-0.39, 0.29) is 12.5 Å². The van der Waals surface area contributed by atoms with E-state index >= 15 is 0 Å². The Hall–Kier alpha value is -3.09. The molecule has 2 aromatic rings. The summed E-state index contributed by atoms with van der Waals surface area (Å²) in [4.78, 5) is 27.4. The Balaban J connectivity index is 2.07. The Morgan fingerprint density at radius 1 is 1.31 bits per heavy atom. The van der Waals surface area contributed by atoms with E-state index in [4.69, 9.17) is 0 Å². The number of imidazole rings is 1. The third-order valence-corrected chi connectivity index (χ3v) is 3.73. The summed E-state index contributed by atoms with van der Waals surface area (Å²) in [5.41, 5.74) is 2.05. The molecular formula is C19H26N6O. The molecule has 0 saturated carbocycles. The van der Waals surface area contributed by atoms with Crippen molar-refractivity contribution < 1.29 is 4.79 Å². The van der Waals surface area contributed by atoms with E-state index in [1.165, 1.54) is 4.90 Å². The zero-order valence-electron chi connectivity index (χ0n) is 15.6. The first kappa shape index (κ1) is 19.2. The van der Waals surface area contributed by atoms with Gasteiger partial charge < -0.3 is 20.1 Å². The number of nitrogens with zero attached hydrogens (tertiary/aromatic N) is 4. The number of guanidine groups is 1. The predicted octanol–water partition coefficient (Wildman–Crippen LogP) is 1.73. The van der Waals surface area contributed by atoms with E-state index < -0.39 is 0 Å². The van der Waals surface area contributed by atoms with Gasteiger partial charge in [0.2, 0.25) is 5.91 Å². The largest absolute Gasteiger partial charge is 0.353 e. The van der Waals surface area contributed by atoms with Crippen molar-refractivity contribution in [2.24, 2.45) is 4.99 Å². The van der Waals surface area contributed by atoms with E-state index in [0.717, 1.165) is 17.1 Å². The zero-order valence-corrected chi connectivity index (χ0v) is 15.6. The van der Waals surface area contributed by atoms with Gasteiger partial charge in [0.15, 0.2) is 5.96 Å². The summed E-state index contributed by atoms with van der Waals surface area (Å²) in [5.74, 6) is 1.39. The van der Waals surface area contributed by atoms with Gasteiger partial charge in [-0.3, -0.25) is 4.79 Å². The van der Waals surface area contributed by atoms with E-state index in [9.17, 15) is 4.79 Å². The molecule has 138 valence electrons. The summed E-state index contributed by atoms with van der Waals surface area (Å²) in [5, 5.41) is 3.17. The van der Waals surface area contributed by atoms with Crippen molar-refractivity contribution in [3.05, 3.63) is 55.0 Å². The van der Waals surface area contributed by atoms with E-state index in [2.05, 4.69) is 26.9 Å². The molecule has 0 fully saturated rings. The predicted molar refractivity (Wildman–Crippen MR) is 105 cm³/mol. The number of aliphatic imine (C=N–C) groups is 1. The quantitative estimate of drug-likeness (QED) is 0.451. The van der Waals surface area contributed by atoms with Gasteiger partial charge in [-0.15, -0.1) is 6.58 Å². The average molecular weight is 354 g/mol. The zero-order chi connectivity index (χ0) is 18.9. The van der Waals surface area contributed by atoms with Crippen LogP contribution in [0, 0.1) is 0 Å². The lowest BCUT2D eigenvalue weighted by atomic mass is 10.2. The van der Waals surface area contributed by atoms with Gasteiger partial charge in [-0.25, -0.2) is 9.98 Å². The molecule has 0 bridgehead atoms. The van der Waals surface area contributed by atoms with Crippen LogP contribution in [-0.4, -0.2) is 65.9 Å². The molecule has 7 nitrogen and oxygen atoms in total. The van der Waals surface area contributed by atoms with Crippen molar-refractivity contribution >= 4 is 11.9 Å². The van der Waals surface area contributed by atoms with Crippen LogP contribution in [0.1, 0.15) is 5.82 Å². The van der Waals surface area contributed by atoms with E-state index in [0.29, 0.717) is 19.0 Å². The minimum Gasteiger partial charge on any atom is -0.353 e. The van der Waals surface area contributed by atoms with Crippen LogP contribution in [0.3, 0.4) is 0 Å². The molecular weight excluding hydrogens is 328 g/mol. The number of hydrogen-bond acceptors (Lipinski definition) is 3. The first-order valence-electron chi connectivity index (χ1n) is 8.41. The Kier molecular flexibility index (Phi) is 6.96. The fraction of sp³-hybridized carbons (Fsp3) is 0.316. The summed E-state index contributed by atoms with van der Waals surface area (Å²) in [6, 6.07) is 10.0. The first-order chi connectivity index (χ1) is 12.5. The molecule has 0 spiro atoms. The molecule has 26 heavy (non-hydrogen) atoms. The minimum atomic E-state index is -0.0549. The number of hydrogen-bond donors (Lipinski definition) is 2. The van der Waals surface area contributed by atoms with Gasteiger partial charge in [-0.1, -0.05) is 36.4 Å². The molecule has 2 N–H and O–H groups in total. The number of carbonyl (C=O) groups is 1. The van der Waals surface area contributed by atoms with Crippen LogP contribution in [-0.2, 0) is 11.3 Å². The van der Waals surface area contributed by atoms with Crippen molar-refractivity contribution in [3.63, 3.8) is 0 Å². The highest BCUT2D eigenvalue weighted by atomic mass is 16.2. The number of nitrogens with one attached hydrogen (secondary N) is 2. The van der Waals surface area contributed by atoms with Gasteiger partial charge in [-0.2, -0.15) is 0 Å². The SMILES string of the molecule is C=CCNC(=NCC(=O)N(C)C)N(C)Cc1ncc(-c2ccccc2)[nH]1. The molecule has 0 aliphatic heterocycles. The topological polar surface area (TPSA) is 76.6 Å². The molecule has 0 atom stereocenters. The molecule has 2 rings (SSSR count). The van der Waals surface area contributed by atoms with Crippen molar-refractivity contribution in [1.82, 2.24) is 25.1 Å². The lowest BCUT2D eigenvalue weighted by Gasteiger charge is -2.21. The van der Waals surface area contributed by atoms with Gasteiger partial charge in [0.05, 0.1) is 18.4 Å². The fourth-order valence-electron chi connectivity index (χ4n) is 2.27. The second-order valence-electron chi connectivity index (χ2n) is 6.06. The number of carbonyl (C=O) groups excluding carboxylic acids is 1. The molecule has 1 aromatic heterocycles. The Morgan fingerprint density at radius 2 is 2.04 bits per heavy atom. The lowest BCUT2D eigenvalue weighted by molar-refractivity contribution is -0.127. The number of H-pyrrole nitrogens is 1. The summed E-state index contributed by atoms with van der Waals surface area (Å²) in [6.45, 7) is 4.89. The molecule has 0 saturated heterocycles. The van der Waals surface area contributed by atoms with Crippen LogP contribution in [0.25, 0.3) is 11.3 Å². The monoisotopic (exact) mass is 354 g/mol. The maximum absolute atomic E-state index is 11.8. The Bertz CT molecular complexity index is 750.